The Balaban J connectivity index is 2.05. The van der Waals surface area contributed by atoms with Gasteiger partial charge in [-0.1, -0.05) is 27.4 Å². The van der Waals surface area contributed by atoms with Crippen LogP contribution >= 0.6 is 0 Å². The van der Waals surface area contributed by atoms with E-state index in [0.717, 1.165) is 0 Å². The Morgan fingerprint density at radius 3 is 2.55 bits per heavy atom. The maximum atomic E-state index is 12.3. The first-order valence-electron chi connectivity index (χ1n) is 12.4. The molecule has 7 heteroatoms. The summed E-state index contributed by atoms with van der Waals surface area (Å²) in [6.07, 6.45) is 0.262. The number of hydrogen-bond acceptors (Lipinski definition) is 7. The lowest BCUT2D eigenvalue weighted by atomic mass is 9.60. The first kappa shape index (κ1) is 26.2. The highest BCUT2D eigenvalue weighted by atomic mass is 16.6. The molecule has 2 saturated heterocycles. The molecule has 3 aliphatic rings. The van der Waals surface area contributed by atoms with E-state index in [2.05, 4.69) is 20.4 Å². The summed E-state index contributed by atoms with van der Waals surface area (Å²) < 4.78 is 18.3. The van der Waals surface area contributed by atoms with Crippen LogP contribution in [-0.2, 0) is 23.8 Å². The van der Waals surface area contributed by atoms with Crippen molar-refractivity contribution in [2.45, 2.75) is 116 Å². The Labute approximate surface area is 197 Å². The zero-order valence-electron chi connectivity index (χ0n) is 21.0. The zero-order chi connectivity index (χ0) is 24.7. The van der Waals surface area contributed by atoms with Crippen molar-refractivity contribution in [3.05, 3.63) is 12.2 Å². The summed E-state index contributed by atoms with van der Waals surface area (Å²) in [6, 6.07) is 0. The molecule has 0 aromatic heterocycles. The van der Waals surface area contributed by atoms with Crippen molar-refractivity contribution >= 4 is 11.9 Å². The largest absolute Gasteiger partial charge is 0.459 e. The van der Waals surface area contributed by atoms with Gasteiger partial charge in [-0.15, -0.1) is 0 Å². The van der Waals surface area contributed by atoms with Gasteiger partial charge in [-0.3, -0.25) is 9.59 Å². The number of carbonyl (C=O) groups is 2. The van der Waals surface area contributed by atoms with Crippen LogP contribution in [0, 0.1) is 23.7 Å². The summed E-state index contributed by atoms with van der Waals surface area (Å²) in [6.45, 7) is 15.4. The lowest BCUT2D eigenvalue weighted by molar-refractivity contribution is -0.180. The van der Waals surface area contributed by atoms with Crippen molar-refractivity contribution in [2.24, 2.45) is 23.7 Å². The fraction of sp³-hybridized carbons (Fsp3) is 0.846. The summed E-state index contributed by atoms with van der Waals surface area (Å²) in [7, 11) is 0. The van der Waals surface area contributed by atoms with E-state index in [1.165, 1.54) is 6.92 Å². The van der Waals surface area contributed by atoms with Gasteiger partial charge in [0.2, 0.25) is 0 Å². The van der Waals surface area contributed by atoms with Crippen LogP contribution in [-0.4, -0.2) is 57.8 Å². The second-order valence-corrected chi connectivity index (χ2v) is 11.2. The summed E-state index contributed by atoms with van der Waals surface area (Å²) in [5, 5.41) is 22.3. The van der Waals surface area contributed by atoms with E-state index in [0.29, 0.717) is 31.3 Å². The summed E-state index contributed by atoms with van der Waals surface area (Å²) in [4.78, 5) is 24.5. The maximum Gasteiger partial charge on any atom is 0.306 e. The van der Waals surface area contributed by atoms with Crippen molar-refractivity contribution < 1.29 is 34.0 Å². The molecule has 2 N–H and O–H groups in total. The molecule has 188 valence electrons. The highest BCUT2D eigenvalue weighted by Crippen LogP contribution is 2.56. The highest BCUT2D eigenvalue weighted by molar-refractivity contribution is 5.69. The molecule has 0 radical (unpaired) electrons. The Hall–Kier alpha value is -1.44. The molecule has 9 atom stereocenters. The number of aliphatic hydroxyl groups is 2. The molecule has 3 rings (SSSR count). The Morgan fingerprint density at radius 1 is 1.30 bits per heavy atom. The molecule has 2 bridgehead atoms. The molecule has 1 saturated carbocycles. The van der Waals surface area contributed by atoms with Gasteiger partial charge < -0.3 is 24.4 Å². The summed E-state index contributed by atoms with van der Waals surface area (Å²) >= 11 is 0. The van der Waals surface area contributed by atoms with Crippen LogP contribution in [0.1, 0.15) is 80.1 Å². The Kier molecular flexibility index (Phi) is 7.67. The minimum absolute atomic E-state index is 0.00485. The number of aliphatic hydroxyl groups excluding tert-OH is 1. The van der Waals surface area contributed by atoms with E-state index in [9.17, 15) is 19.8 Å². The third kappa shape index (κ3) is 5.15. The zero-order valence-corrected chi connectivity index (χ0v) is 21.0. The molecule has 0 unspecified atom stereocenters. The topological polar surface area (TPSA) is 102 Å². The molecule has 33 heavy (non-hydrogen) atoms. The predicted octanol–water partition coefficient (Wildman–Crippen LogP) is 3.55. The van der Waals surface area contributed by atoms with E-state index in [1.54, 1.807) is 6.92 Å². The standard InChI is InChI=1S/C26H42O7/c1-8-9-21(29)32-20-10-11-26(7,33-16(5)27)24-23-17(14(2)3)12-18(28)15(4)22(23)19(31-24)13-25(20,6)30/h14,17-20,22-24,28,30H,4,8-13H2,1-3,5-7H3/t17-,18+,19-,20+,22-,23-,24-,25+,26+/m1/s1. The molecule has 2 aliphatic heterocycles. The minimum atomic E-state index is -1.34. The summed E-state index contributed by atoms with van der Waals surface area (Å²) in [5.41, 5.74) is -1.59. The Bertz CT molecular complexity index is 760. The molecule has 1 aliphatic carbocycles. The van der Waals surface area contributed by atoms with Crippen LogP contribution in [0.3, 0.4) is 0 Å². The van der Waals surface area contributed by atoms with Crippen molar-refractivity contribution in [1.82, 2.24) is 0 Å². The van der Waals surface area contributed by atoms with Gasteiger partial charge in [0, 0.05) is 31.6 Å². The SMILES string of the molecule is C=C1[C@H]2[C@@H]([C@@H](C(C)C)C[C@@H]1O)[C@H]1O[C@@H]2C[C@](C)(O)[C@@H](OC(=O)CCC)CC[C@]1(C)OC(C)=O. The molecule has 7 nitrogen and oxygen atoms in total. The molecular formula is C26H42O7. The van der Waals surface area contributed by atoms with Gasteiger partial charge in [0.15, 0.2) is 0 Å². The molecule has 0 aromatic rings. The van der Waals surface area contributed by atoms with E-state index < -0.39 is 41.6 Å². The molecular weight excluding hydrogens is 424 g/mol. The molecule has 2 heterocycles. The second-order valence-electron chi connectivity index (χ2n) is 11.2. The smallest absolute Gasteiger partial charge is 0.306 e. The van der Waals surface area contributed by atoms with Gasteiger partial charge in [0.25, 0.3) is 0 Å². The van der Waals surface area contributed by atoms with Crippen LogP contribution in [0.25, 0.3) is 0 Å². The predicted molar refractivity (Wildman–Crippen MR) is 123 cm³/mol. The fourth-order valence-electron chi connectivity index (χ4n) is 6.46. The van der Waals surface area contributed by atoms with Gasteiger partial charge in [-0.05, 0) is 56.9 Å². The normalized spacial score (nSPS) is 43.3. The summed E-state index contributed by atoms with van der Waals surface area (Å²) in [5.74, 6) is -0.483. The van der Waals surface area contributed by atoms with E-state index in [-0.39, 0.29) is 42.5 Å². The van der Waals surface area contributed by atoms with Gasteiger partial charge >= 0.3 is 11.9 Å². The average molecular weight is 467 g/mol. The van der Waals surface area contributed by atoms with Gasteiger partial charge in [-0.25, -0.2) is 0 Å². The van der Waals surface area contributed by atoms with Crippen LogP contribution in [0.5, 0.6) is 0 Å². The maximum absolute atomic E-state index is 12.3. The lowest BCUT2D eigenvalue weighted by Gasteiger charge is -2.47. The third-order valence-electron chi connectivity index (χ3n) is 8.11. The van der Waals surface area contributed by atoms with Crippen LogP contribution < -0.4 is 0 Å². The molecule has 0 amide bonds. The van der Waals surface area contributed by atoms with E-state index in [1.807, 2.05) is 13.8 Å². The quantitative estimate of drug-likeness (QED) is 0.472. The highest BCUT2D eigenvalue weighted by Gasteiger charge is 2.61. The number of hydrogen-bond donors (Lipinski definition) is 2. The van der Waals surface area contributed by atoms with Gasteiger partial charge in [-0.2, -0.15) is 0 Å². The molecule has 3 fully saturated rings. The van der Waals surface area contributed by atoms with Gasteiger partial charge in [0.05, 0.1) is 12.2 Å². The van der Waals surface area contributed by atoms with Crippen LogP contribution in [0.4, 0.5) is 0 Å². The third-order valence-corrected chi connectivity index (χ3v) is 8.11. The number of carbonyl (C=O) groups excluding carboxylic acids is 2. The van der Waals surface area contributed by atoms with Crippen molar-refractivity contribution in [1.29, 1.82) is 0 Å². The number of fused-ring (bicyclic) bond motifs is 5. The van der Waals surface area contributed by atoms with Crippen molar-refractivity contribution in [2.75, 3.05) is 0 Å². The average Bonchev–Trinajstić information content (AvgIpc) is 3.07. The number of esters is 2. The van der Waals surface area contributed by atoms with Gasteiger partial charge in [0.1, 0.15) is 23.4 Å². The first-order chi connectivity index (χ1) is 15.3. The number of ether oxygens (including phenoxy) is 3. The Morgan fingerprint density at radius 2 is 1.97 bits per heavy atom. The van der Waals surface area contributed by atoms with E-state index in [4.69, 9.17) is 14.2 Å². The lowest BCUT2D eigenvalue weighted by Crippen LogP contribution is -2.53. The van der Waals surface area contributed by atoms with Crippen LogP contribution in [0.15, 0.2) is 12.2 Å². The molecule has 0 spiro atoms. The monoisotopic (exact) mass is 466 g/mol. The van der Waals surface area contributed by atoms with Crippen molar-refractivity contribution in [3.8, 4) is 0 Å². The van der Waals surface area contributed by atoms with Crippen LogP contribution in [0.2, 0.25) is 0 Å². The first-order valence-corrected chi connectivity index (χ1v) is 12.4. The van der Waals surface area contributed by atoms with Crippen molar-refractivity contribution in [3.63, 3.8) is 0 Å². The van der Waals surface area contributed by atoms with E-state index >= 15 is 0 Å². The molecule has 0 aromatic carbocycles. The minimum Gasteiger partial charge on any atom is -0.459 e. The second kappa shape index (κ2) is 9.67. The fourth-order valence-corrected chi connectivity index (χ4v) is 6.46. The number of rotatable bonds is 5.